The van der Waals surface area contributed by atoms with Crippen LogP contribution in [0.4, 0.5) is 0 Å². The Bertz CT molecular complexity index is 537. The first-order valence-corrected chi connectivity index (χ1v) is 6.19. The van der Waals surface area contributed by atoms with Crippen molar-refractivity contribution in [2.75, 3.05) is 0 Å². The van der Waals surface area contributed by atoms with E-state index < -0.39 is 0 Å². The average molecular weight is 300 g/mol. The number of nitrogens with zero attached hydrogens (tertiary/aromatic N) is 2. The molecular formula is C11H8BrClN2O. The molecule has 82 valence electrons. The molecule has 16 heavy (non-hydrogen) atoms. The largest absolute Gasteiger partial charge is 0.448 e. The van der Waals surface area contributed by atoms with E-state index in [4.69, 9.17) is 16.0 Å². The van der Waals surface area contributed by atoms with Crippen LogP contribution in [0.2, 0.25) is 5.15 Å². The molecule has 0 amide bonds. The van der Waals surface area contributed by atoms with Crippen molar-refractivity contribution in [3.8, 4) is 11.5 Å². The Morgan fingerprint density at radius 2 is 2.12 bits per heavy atom. The maximum absolute atomic E-state index is 5.97. The van der Waals surface area contributed by atoms with Crippen LogP contribution in [0.25, 0.3) is 11.5 Å². The molecule has 1 saturated carbocycles. The molecule has 2 heterocycles. The SMILES string of the molecule is Clc1cc(-c2ccc(Br)o2)nc(C2CC2)n1. The van der Waals surface area contributed by atoms with Crippen LogP contribution >= 0.6 is 27.5 Å². The van der Waals surface area contributed by atoms with Gasteiger partial charge in [0.2, 0.25) is 0 Å². The zero-order valence-electron chi connectivity index (χ0n) is 8.28. The molecule has 0 atom stereocenters. The molecule has 0 aliphatic heterocycles. The highest BCUT2D eigenvalue weighted by Crippen LogP contribution is 2.39. The van der Waals surface area contributed by atoms with Crippen molar-refractivity contribution < 1.29 is 4.42 Å². The zero-order valence-corrected chi connectivity index (χ0v) is 10.6. The molecule has 0 radical (unpaired) electrons. The maximum Gasteiger partial charge on any atom is 0.169 e. The molecule has 2 aromatic heterocycles. The monoisotopic (exact) mass is 298 g/mol. The number of aromatic nitrogens is 2. The third-order valence-corrected chi connectivity index (χ3v) is 3.10. The van der Waals surface area contributed by atoms with Crippen molar-refractivity contribution in [1.29, 1.82) is 0 Å². The summed E-state index contributed by atoms with van der Waals surface area (Å²) < 4.78 is 6.13. The van der Waals surface area contributed by atoms with Gasteiger partial charge in [-0.3, -0.25) is 0 Å². The predicted octanol–water partition coefficient (Wildman–Crippen LogP) is 4.03. The van der Waals surface area contributed by atoms with Crippen molar-refractivity contribution in [2.24, 2.45) is 0 Å². The molecule has 0 unspecified atom stereocenters. The minimum Gasteiger partial charge on any atom is -0.448 e. The van der Waals surface area contributed by atoms with Gasteiger partial charge in [-0.15, -0.1) is 0 Å². The van der Waals surface area contributed by atoms with Crippen LogP contribution in [-0.4, -0.2) is 9.97 Å². The Balaban J connectivity index is 2.06. The van der Waals surface area contributed by atoms with E-state index in [1.54, 1.807) is 6.07 Å². The van der Waals surface area contributed by atoms with E-state index in [0.717, 1.165) is 24.4 Å². The lowest BCUT2D eigenvalue weighted by Gasteiger charge is -2.01. The molecule has 1 aliphatic carbocycles. The topological polar surface area (TPSA) is 38.9 Å². The van der Waals surface area contributed by atoms with Crippen molar-refractivity contribution in [1.82, 2.24) is 9.97 Å². The minimum absolute atomic E-state index is 0.472. The number of furan rings is 1. The fourth-order valence-corrected chi connectivity index (χ4v) is 2.03. The summed E-state index contributed by atoms with van der Waals surface area (Å²) in [4.78, 5) is 8.70. The van der Waals surface area contributed by atoms with Gasteiger partial charge in [0.1, 0.15) is 16.7 Å². The molecule has 3 rings (SSSR count). The summed E-state index contributed by atoms with van der Waals surface area (Å²) in [6, 6.07) is 5.42. The number of hydrogen-bond acceptors (Lipinski definition) is 3. The van der Waals surface area contributed by atoms with Crippen LogP contribution in [0.3, 0.4) is 0 Å². The van der Waals surface area contributed by atoms with Crippen LogP contribution in [0.15, 0.2) is 27.3 Å². The van der Waals surface area contributed by atoms with E-state index in [2.05, 4.69) is 25.9 Å². The second kappa shape index (κ2) is 3.86. The molecule has 0 N–H and O–H groups in total. The molecule has 0 saturated heterocycles. The molecular weight excluding hydrogens is 291 g/mol. The summed E-state index contributed by atoms with van der Waals surface area (Å²) in [5.74, 6) is 2.02. The van der Waals surface area contributed by atoms with Gasteiger partial charge in [-0.1, -0.05) is 11.6 Å². The molecule has 0 aromatic carbocycles. The van der Waals surface area contributed by atoms with Crippen molar-refractivity contribution in [3.63, 3.8) is 0 Å². The Morgan fingerprint density at radius 3 is 2.75 bits per heavy atom. The van der Waals surface area contributed by atoms with Gasteiger partial charge >= 0.3 is 0 Å². The van der Waals surface area contributed by atoms with Gasteiger partial charge in [0.15, 0.2) is 10.4 Å². The highest BCUT2D eigenvalue weighted by Gasteiger charge is 2.27. The Labute approximate surface area is 106 Å². The molecule has 0 bridgehead atoms. The lowest BCUT2D eigenvalue weighted by atomic mass is 10.3. The first kappa shape index (κ1) is 10.3. The van der Waals surface area contributed by atoms with Gasteiger partial charge in [0.05, 0.1) is 0 Å². The summed E-state index contributed by atoms with van der Waals surface area (Å²) >= 11 is 9.24. The number of rotatable bonds is 2. The first-order valence-electron chi connectivity index (χ1n) is 5.02. The summed E-state index contributed by atoms with van der Waals surface area (Å²) in [5, 5.41) is 0.472. The quantitative estimate of drug-likeness (QED) is 0.786. The van der Waals surface area contributed by atoms with Crippen LogP contribution < -0.4 is 0 Å². The van der Waals surface area contributed by atoms with Crippen LogP contribution in [0.1, 0.15) is 24.6 Å². The van der Waals surface area contributed by atoms with Crippen LogP contribution in [0, 0.1) is 0 Å². The highest BCUT2D eigenvalue weighted by molar-refractivity contribution is 9.10. The zero-order chi connectivity index (χ0) is 11.1. The Kier molecular flexibility index (Phi) is 2.48. The van der Waals surface area contributed by atoms with E-state index in [0.29, 0.717) is 21.5 Å². The fourth-order valence-electron chi connectivity index (χ4n) is 1.54. The molecule has 1 fully saturated rings. The van der Waals surface area contributed by atoms with E-state index >= 15 is 0 Å². The molecule has 5 heteroatoms. The molecule has 1 aliphatic rings. The van der Waals surface area contributed by atoms with Crippen molar-refractivity contribution in [2.45, 2.75) is 18.8 Å². The van der Waals surface area contributed by atoms with Gasteiger partial charge in [0, 0.05) is 12.0 Å². The smallest absolute Gasteiger partial charge is 0.169 e. The van der Waals surface area contributed by atoms with E-state index in [9.17, 15) is 0 Å². The fraction of sp³-hybridized carbons (Fsp3) is 0.273. The standard InChI is InChI=1S/C11H8BrClN2O/c12-9-4-3-8(16-9)7-5-10(13)15-11(14-7)6-1-2-6/h3-6H,1-2H2. The van der Waals surface area contributed by atoms with E-state index in [1.165, 1.54) is 0 Å². The lowest BCUT2D eigenvalue weighted by molar-refractivity contribution is 0.553. The Morgan fingerprint density at radius 1 is 1.31 bits per heavy atom. The number of hydrogen-bond donors (Lipinski definition) is 0. The van der Waals surface area contributed by atoms with Gasteiger partial charge in [0.25, 0.3) is 0 Å². The van der Waals surface area contributed by atoms with Crippen molar-refractivity contribution >= 4 is 27.5 Å². The van der Waals surface area contributed by atoms with Gasteiger partial charge < -0.3 is 4.42 Å². The summed E-state index contributed by atoms with van der Waals surface area (Å²) in [6.07, 6.45) is 2.31. The molecule has 0 spiro atoms. The first-order chi connectivity index (χ1) is 7.72. The summed E-state index contributed by atoms with van der Waals surface area (Å²) in [6.45, 7) is 0. The summed E-state index contributed by atoms with van der Waals surface area (Å²) in [7, 11) is 0. The van der Waals surface area contributed by atoms with E-state index in [1.807, 2.05) is 12.1 Å². The normalized spacial score (nSPS) is 15.4. The number of halogens is 2. The van der Waals surface area contributed by atoms with Crippen LogP contribution in [-0.2, 0) is 0 Å². The predicted molar refractivity (Wildman–Crippen MR) is 64.4 cm³/mol. The highest BCUT2D eigenvalue weighted by atomic mass is 79.9. The third kappa shape index (κ3) is 1.99. The van der Waals surface area contributed by atoms with Gasteiger partial charge in [-0.05, 0) is 40.9 Å². The van der Waals surface area contributed by atoms with Gasteiger partial charge in [-0.2, -0.15) is 0 Å². The van der Waals surface area contributed by atoms with E-state index in [-0.39, 0.29) is 0 Å². The maximum atomic E-state index is 5.97. The summed E-state index contributed by atoms with van der Waals surface area (Å²) in [5.41, 5.74) is 0.743. The average Bonchev–Trinajstić information content (AvgIpc) is 3.01. The Hall–Kier alpha value is -0.870. The lowest BCUT2D eigenvalue weighted by Crippen LogP contribution is -1.94. The second-order valence-electron chi connectivity index (χ2n) is 3.81. The van der Waals surface area contributed by atoms with Crippen molar-refractivity contribution in [3.05, 3.63) is 33.8 Å². The minimum atomic E-state index is 0.472. The molecule has 2 aromatic rings. The molecule has 3 nitrogen and oxygen atoms in total. The van der Waals surface area contributed by atoms with Crippen LogP contribution in [0.5, 0.6) is 0 Å². The van der Waals surface area contributed by atoms with Gasteiger partial charge in [-0.25, -0.2) is 9.97 Å². The third-order valence-electron chi connectivity index (χ3n) is 2.48. The second-order valence-corrected chi connectivity index (χ2v) is 4.98.